The summed E-state index contributed by atoms with van der Waals surface area (Å²) in [4.78, 5) is 28.6. The van der Waals surface area contributed by atoms with Crippen molar-refractivity contribution in [2.24, 2.45) is 0 Å². The molecule has 10 heteroatoms. The van der Waals surface area contributed by atoms with Crippen LogP contribution < -0.4 is 10.1 Å². The molecular weight excluding hydrogens is 444 g/mol. The smallest absolute Gasteiger partial charge is 0.413 e. The summed E-state index contributed by atoms with van der Waals surface area (Å²) in [6.45, 7) is 7.57. The van der Waals surface area contributed by atoms with Crippen LogP contribution in [0.15, 0.2) is 30.5 Å². The number of aromatic nitrogens is 3. The lowest BCUT2D eigenvalue weighted by Gasteiger charge is -2.18. The van der Waals surface area contributed by atoms with E-state index in [1.807, 2.05) is 31.2 Å². The van der Waals surface area contributed by atoms with Crippen LogP contribution in [0.1, 0.15) is 61.1 Å². The minimum atomic E-state index is -0.833. The number of nitrogens with one attached hydrogen (secondary N) is 1. The molecule has 0 fully saturated rings. The number of nitrogens with zero attached hydrogens (tertiary/aromatic N) is 3. The van der Waals surface area contributed by atoms with Gasteiger partial charge in [0.05, 0.1) is 30.3 Å². The van der Waals surface area contributed by atoms with Gasteiger partial charge in [-0.3, -0.25) is 14.8 Å². The maximum Gasteiger partial charge on any atom is 0.413 e. The van der Waals surface area contributed by atoms with Crippen LogP contribution >= 0.6 is 11.3 Å². The lowest BCUT2D eigenvalue weighted by molar-refractivity contribution is 0.0635. The Labute approximate surface area is 196 Å². The van der Waals surface area contributed by atoms with E-state index in [2.05, 4.69) is 15.4 Å². The van der Waals surface area contributed by atoms with E-state index in [-0.39, 0.29) is 5.13 Å². The quantitative estimate of drug-likeness (QED) is 0.458. The highest BCUT2D eigenvalue weighted by atomic mass is 32.1. The second-order valence-electron chi connectivity index (χ2n) is 8.37. The van der Waals surface area contributed by atoms with Crippen LogP contribution in [0.25, 0.3) is 11.3 Å². The summed E-state index contributed by atoms with van der Waals surface area (Å²) in [5.74, 6) is 0.755. The average molecular weight is 473 g/mol. The molecule has 9 nitrogen and oxygen atoms in total. The molecule has 0 saturated heterocycles. The number of aliphatic hydroxyl groups excluding tert-OH is 1. The van der Waals surface area contributed by atoms with Gasteiger partial charge in [0.25, 0.3) is 0 Å². The zero-order chi connectivity index (χ0) is 24.2. The van der Waals surface area contributed by atoms with Crippen LogP contribution in [0.3, 0.4) is 0 Å². The van der Waals surface area contributed by atoms with Crippen molar-refractivity contribution < 1.29 is 24.2 Å². The van der Waals surface area contributed by atoms with Crippen LogP contribution in [0.5, 0.6) is 5.75 Å². The van der Waals surface area contributed by atoms with Gasteiger partial charge in [0.15, 0.2) is 11.4 Å². The molecule has 0 radical (unpaired) electrons. The van der Waals surface area contributed by atoms with E-state index in [4.69, 9.17) is 9.47 Å². The first-order valence-corrected chi connectivity index (χ1v) is 11.3. The number of ether oxygens (including phenoxy) is 2. The summed E-state index contributed by atoms with van der Waals surface area (Å²) in [7, 11) is 1.61. The molecule has 3 aromatic rings. The van der Waals surface area contributed by atoms with E-state index in [1.54, 1.807) is 38.8 Å². The first-order valence-electron chi connectivity index (χ1n) is 10.5. The number of thiazole rings is 1. The minimum absolute atomic E-state index is 0.223. The highest BCUT2D eigenvalue weighted by molar-refractivity contribution is 7.17. The van der Waals surface area contributed by atoms with E-state index in [1.165, 1.54) is 0 Å². The van der Waals surface area contributed by atoms with Gasteiger partial charge < -0.3 is 14.6 Å². The van der Waals surface area contributed by atoms with Gasteiger partial charge in [-0.2, -0.15) is 5.10 Å². The molecule has 176 valence electrons. The molecule has 0 aliphatic heterocycles. The average Bonchev–Trinajstić information content (AvgIpc) is 3.35. The number of amides is 1. The summed E-state index contributed by atoms with van der Waals surface area (Å²) >= 11 is 1.03. The maximum atomic E-state index is 12.1. The number of aliphatic hydroxyl groups is 1. The number of hydrogen-bond acceptors (Lipinski definition) is 8. The van der Waals surface area contributed by atoms with Crippen molar-refractivity contribution in [3.05, 3.63) is 46.6 Å². The van der Waals surface area contributed by atoms with Gasteiger partial charge in [0, 0.05) is 11.8 Å². The van der Waals surface area contributed by atoms with E-state index in [9.17, 15) is 14.7 Å². The normalized spacial score (nSPS) is 12.3. The number of carbonyl (C=O) groups excluding carboxylic acids is 2. The lowest BCUT2D eigenvalue weighted by Crippen LogP contribution is -2.27. The standard InChI is InChI=1S/C23H28N4O5S/c1-6-17(29)19-16(12-27(26-19)11-14-7-9-15(31-5)10-8-14)20-18(13-28)33-21(24-20)25-22(30)32-23(2,3)4/h7-10,12-13,17,29H,6,11H2,1-5H3,(H,24,25,30). The zero-order valence-electron chi connectivity index (χ0n) is 19.3. The Morgan fingerprint density at radius 2 is 2.00 bits per heavy atom. The summed E-state index contributed by atoms with van der Waals surface area (Å²) in [5.41, 5.74) is 1.63. The fourth-order valence-electron chi connectivity index (χ4n) is 3.11. The Morgan fingerprint density at radius 1 is 1.30 bits per heavy atom. The molecule has 3 rings (SSSR count). The van der Waals surface area contributed by atoms with Crippen molar-refractivity contribution in [3.8, 4) is 17.0 Å². The number of aldehydes is 1. The van der Waals surface area contributed by atoms with Gasteiger partial charge in [-0.1, -0.05) is 30.4 Å². The topological polar surface area (TPSA) is 116 Å². The molecule has 2 aromatic heterocycles. The van der Waals surface area contributed by atoms with Crippen LogP contribution in [0, 0.1) is 0 Å². The summed E-state index contributed by atoms with van der Waals surface area (Å²) in [5, 5.41) is 17.9. The van der Waals surface area contributed by atoms with E-state index < -0.39 is 17.8 Å². The van der Waals surface area contributed by atoms with E-state index in [0.29, 0.717) is 41.1 Å². The molecule has 1 unspecified atom stereocenters. The second kappa shape index (κ2) is 10.1. The molecule has 0 saturated carbocycles. The Kier molecular flexibility index (Phi) is 7.50. The molecular formula is C23H28N4O5S. The Hall–Kier alpha value is -3.24. The van der Waals surface area contributed by atoms with Gasteiger partial charge in [-0.05, 0) is 44.9 Å². The lowest BCUT2D eigenvalue weighted by atomic mass is 10.1. The van der Waals surface area contributed by atoms with Crippen molar-refractivity contribution in [2.45, 2.75) is 52.4 Å². The summed E-state index contributed by atoms with van der Waals surface area (Å²) < 4.78 is 12.1. The van der Waals surface area contributed by atoms with Crippen molar-refractivity contribution in [3.63, 3.8) is 0 Å². The molecule has 0 aliphatic carbocycles. The number of methoxy groups -OCH3 is 1. The molecule has 0 aliphatic rings. The van der Waals surface area contributed by atoms with Crippen molar-refractivity contribution >= 4 is 28.8 Å². The third kappa shape index (κ3) is 6.17. The van der Waals surface area contributed by atoms with Crippen molar-refractivity contribution in [2.75, 3.05) is 12.4 Å². The molecule has 2 heterocycles. The monoisotopic (exact) mass is 472 g/mol. The Balaban J connectivity index is 1.94. The highest BCUT2D eigenvalue weighted by Crippen LogP contribution is 2.35. The molecule has 33 heavy (non-hydrogen) atoms. The van der Waals surface area contributed by atoms with Crippen molar-refractivity contribution in [1.82, 2.24) is 14.8 Å². The third-order valence-corrected chi connectivity index (χ3v) is 5.52. The third-order valence-electron chi connectivity index (χ3n) is 4.62. The van der Waals surface area contributed by atoms with Gasteiger partial charge in [-0.25, -0.2) is 9.78 Å². The SMILES string of the molecule is CCC(O)c1nn(Cc2ccc(OC)cc2)cc1-c1nc(NC(=O)OC(C)(C)C)sc1C=O. The van der Waals surface area contributed by atoms with Gasteiger partial charge in [0.1, 0.15) is 17.0 Å². The first-order chi connectivity index (χ1) is 15.6. The van der Waals surface area contributed by atoms with Crippen molar-refractivity contribution in [1.29, 1.82) is 0 Å². The van der Waals surface area contributed by atoms with E-state index >= 15 is 0 Å². The molecule has 0 spiro atoms. The number of hydrogen-bond donors (Lipinski definition) is 2. The predicted octanol–water partition coefficient (Wildman–Crippen LogP) is 4.67. The zero-order valence-corrected chi connectivity index (χ0v) is 20.1. The predicted molar refractivity (Wildman–Crippen MR) is 126 cm³/mol. The van der Waals surface area contributed by atoms with Crippen LogP contribution in [0.2, 0.25) is 0 Å². The maximum absolute atomic E-state index is 12.1. The molecule has 1 atom stereocenters. The number of carbonyl (C=O) groups is 2. The summed E-state index contributed by atoms with van der Waals surface area (Å²) in [6, 6.07) is 7.58. The highest BCUT2D eigenvalue weighted by Gasteiger charge is 2.24. The Morgan fingerprint density at radius 3 is 2.58 bits per heavy atom. The van der Waals surface area contributed by atoms with Crippen LogP contribution in [-0.4, -0.2) is 45.0 Å². The van der Waals surface area contributed by atoms with Gasteiger partial charge in [0.2, 0.25) is 0 Å². The fourth-order valence-corrected chi connectivity index (χ4v) is 3.89. The molecule has 2 N–H and O–H groups in total. The van der Waals surface area contributed by atoms with Gasteiger partial charge >= 0.3 is 6.09 Å². The molecule has 1 amide bonds. The number of anilines is 1. The number of benzene rings is 1. The second-order valence-corrected chi connectivity index (χ2v) is 9.40. The van der Waals surface area contributed by atoms with Crippen LogP contribution in [0.4, 0.5) is 9.93 Å². The Bertz CT molecular complexity index is 1120. The largest absolute Gasteiger partial charge is 0.497 e. The molecule has 0 bridgehead atoms. The number of rotatable bonds is 8. The fraction of sp³-hybridized carbons (Fsp3) is 0.391. The summed E-state index contributed by atoms with van der Waals surface area (Å²) in [6.07, 6.45) is 1.37. The van der Waals surface area contributed by atoms with Crippen LogP contribution in [-0.2, 0) is 11.3 Å². The van der Waals surface area contributed by atoms with E-state index in [0.717, 1.165) is 22.6 Å². The first kappa shape index (κ1) is 24.4. The molecule has 1 aromatic carbocycles. The van der Waals surface area contributed by atoms with Gasteiger partial charge in [-0.15, -0.1) is 0 Å². The minimum Gasteiger partial charge on any atom is -0.497 e.